The van der Waals surface area contributed by atoms with Gasteiger partial charge in [0.15, 0.2) is 6.23 Å². The van der Waals surface area contributed by atoms with Crippen molar-refractivity contribution in [2.24, 2.45) is 5.73 Å². The number of hydrogen-bond donors (Lipinski definition) is 2. The van der Waals surface area contributed by atoms with Crippen molar-refractivity contribution >= 4 is 30.2 Å². The third-order valence-corrected chi connectivity index (χ3v) is 4.53. The Balaban J connectivity index is 2.40. The number of nitrogens with two attached hydrogens (primary N) is 1. The molecule has 3 N–H and O–H groups in total. The highest BCUT2D eigenvalue weighted by Gasteiger charge is 2.34. The lowest BCUT2D eigenvalue weighted by molar-refractivity contribution is -0.133. The molecule has 2 amide bonds. The molecule has 0 aromatic heterocycles. The third-order valence-electron chi connectivity index (χ3n) is 3.50. The van der Waals surface area contributed by atoms with Crippen LogP contribution in [-0.2, 0) is 19.1 Å². The molecular formula is C16H29N3O5S. The maximum Gasteiger partial charge on any atom is 0.411 e. The average Bonchev–Trinajstić information content (AvgIpc) is 2.53. The molecule has 0 aromatic carbocycles. The first kappa shape index (κ1) is 21.6. The zero-order valence-corrected chi connectivity index (χ0v) is 16.0. The largest absolute Gasteiger partial charge is 0.449 e. The molecule has 1 fully saturated rings. The molecule has 1 aliphatic heterocycles. The van der Waals surface area contributed by atoms with Crippen LogP contribution >= 0.6 is 11.8 Å². The van der Waals surface area contributed by atoms with Gasteiger partial charge in [0.2, 0.25) is 5.91 Å². The molecule has 9 heteroatoms. The molecule has 1 saturated heterocycles. The molecule has 0 aliphatic carbocycles. The van der Waals surface area contributed by atoms with E-state index in [9.17, 15) is 14.4 Å². The maximum atomic E-state index is 12.4. The minimum Gasteiger partial charge on any atom is -0.449 e. The standard InChI is InChI=1S/C16H29N3O5S/c1-16(2,3)24-15(22)19-8-9-25-10-12(19)14(21)18-7-5-4-6-13(17)23-11-20/h11-13H,4-10,17H2,1-3H3,(H,18,21). The molecule has 2 atom stereocenters. The van der Waals surface area contributed by atoms with Crippen molar-refractivity contribution in [1.29, 1.82) is 0 Å². The zero-order valence-electron chi connectivity index (χ0n) is 15.2. The van der Waals surface area contributed by atoms with Crippen LogP contribution in [0, 0.1) is 0 Å². The van der Waals surface area contributed by atoms with Crippen LogP contribution in [0.1, 0.15) is 40.0 Å². The van der Waals surface area contributed by atoms with Crippen LogP contribution in [0.25, 0.3) is 0 Å². The summed E-state index contributed by atoms with van der Waals surface area (Å²) in [5.41, 5.74) is 4.95. The normalized spacial score (nSPS) is 19.0. The van der Waals surface area contributed by atoms with E-state index in [1.807, 2.05) is 0 Å². The molecule has 0 spiro atoms. The summed E-state index contributed by atoms with van der Waals surface area (Å²) in [5.74, 6) is 1.17. The lowest BCUT2D eigenvalue weighted by Crippen LogP contribution is -2.55. The summed E-state index contributed by atoms with van der Waals surface area (Å²) >= 11 is 1.65. The van der Waals surface area contributed by atoms with Crippen LogP contribution in [-0.4, -0.2) is 65.8 Å². The molecule has 8 nitrogen and oxygen atoms in total. The predicted octanol–water partition coefficient (Wildman–Crippen LogP) is 1.08. The average molecular weight is 375 g/mol. The summed E-state index contributed by atoms with van der Waals surface area (Å²) in [6.07, 6.45) is 0.923. The fraction of sp³-hybridized carbons (Fsp3) is 0.812. The van der Waals surface area contributed by atoms with E-state index < -0.39 is 24.0 Å². The van der Waals surface area contributed by atoms with E-state index in [1.165, 1.54) is 4.90 Å². The number of carbonyl (C=O) groups excluding carboxylic acids is 3. The number of carbonyl (C=O) groups is 3. The van der Waals surface area contributed by atoms with Crippen LogP contribution in [0.3, 0.4) is 0 Å². The van der Waals surface area contributed by atoms with E-state index in [4.69, 9.17) is 10.5 Å². The van der Waals surface area contributed by atoms with Gasteiger partial charge < -0.3 is 14.8 Å². The van der Waals surface area contributed by atoms with Crippen LogP contribution in [0.5, 0.6) is 0 Å². The van der Waals surface area contributed by atoms with Gasteiger partial charge in [-0.15, -0.1) is 0 Å². The Morgan fingerprint density at radius 1 is 1.40 bits per heavy atom. The van der Waals surface area contributed by atoms with Crippen molar-refractivity contribution in [2.45, 2.75) is 57.9 Å². The number of nitrogens with zero attached hydrogens (tertiary/aromatic N) is 1. The Morgan fingerprint density at radius 2 is 2.12 bits per heavy atom. The van der Waals surface area contributed by atoms with Gasteiger partial charge in [-0.05, 0) is 40.0 Å². The van der Waals surface area contributed by atoms with Crippen molar-refractivity contribution in [2.75, 3.05) is 24.6 Å². The topological polar surface area (TPSA) is 111 Å². The van der Waals surface area contributed by atoms with Gasteiger partial charge in [-0.2, -0.15) is 11.8 Å². The van der Waals surface area contributed by atoms with Gasteiger partial charge in [-0.25, -0.2) is 4.79 Å². The molecule has 0 saturated carbocycles. The fourth-order valence-electron chi connectivity index (χ4n) is 2.30. The molecule has 1 aliphatic rings. The van der Waals surface area contributed by atoms with Gasteiger partial charge in [-0.3, -0.25) is 20.2 Å². The second-order valence-corrected chi connectivity index (χ2v) is 7.97. The Labute approximate surface area is 153 Å². The molecule has 0 radical (unpaired) electrons. The lowest BCUT2D eigenvalue weighted by Gasteiger charge is -2.35. The van der Waals surface area contributed by atoms with E-state index in [-0.39, 0.29) is 5.91 Å². The van der Waals surface area contributed by atoms with Crippen LogP contribution in [0.4, 0.5) is 4.79 Å². The first-order chi connectivity index (χ1) is 11.7. The monoisotopic (exact) mass is 375 g/mol. The summed E-state index contributed by atoms with van der Waals surface area (Å²) in [6.45, 7) is 6.72. The number of rotatable bonds is 8. The van der Waals surface area contributed by atoms with E-state index in [0.717, 1.165) is 12.2 Å². The van der Waals surface area contributed by atoms with E-state index >= 15 is 0 Å². The Bertz CT molecular complexity index is 456. The summed E-state index contributed by atoms with van der Waals surface area (Å²) in [7, 11) is 0. The molecule has 1 rings (SSSR count). The van der Waals surface area contributed by atoms with Gasteiger partial charge in [0.1, 0.15) is 11.6 Å². The van der Waals surface area contributed by atoms with Gasteiger partial charge in [-0.1, -0.05) is 0 Å². The van der Waals surface area contributed by atoms with Crippen LogP contribution in [0.15, 0.2) is 0 Å². The van der Waals surface area contributed by atoms with Crippen molar-refractivity contribution in [3.8, 4) is 0 Å². The van der Waals surface area contributed by atoms with E-state index in [2.05, 4.69) is 10.1 Å². The summed E-state index contributed by atoms with van der Waals surface area (Å²) in [5, 5.41) is 2.85. The van der Waals surface area contributed by atoms with Crippen molar-refractivity contribution in [3.05, 3.63) is 0 Å². The summed E-state index contributed by atoms with van der Waals surface area (Å²) < 4.78 is 9.99. The number of nitrogens with one attached hydrogen (secondary N) is 1. The summed E-state index contributed by atoms with van der Waals surface area (Å²) in [6, 6.07) is -0.519. The maximum absolute atomic E-state index is 12.4. The van der Waals surface area contributed by atoms with Crippen LogP contribution in [0.2, 0.25) is 0 Å². The highest BCUT2D eigenvalue weighted by molar-refractivity contribution is 7.99. The first-order valence-electron chi connectivity index (χ1n) is 8.44. The lowest BCUT2D eigenvalue weighted by atomic mass is 10.2. The number of unbranched alkanes of at least 4 members (excludes halogenated alkanes) is 1. The molecule has 25 heavy (non-hydrogen) atoms. The third kappa shape index (κ3) is 8.44. The highest BCUT2D eigenvalue weighted by Crippen LogP contribution is 2.20. The Morgan fingerprint density at radius 3 is 2.76 bits per heavy atom. The zero-order chi connectivity index (χ0) is 18.9. The van der Waals surface area contributed by atoms with Crippen molar-refractivity contribution in [3.63, 3.8) is 0 Å². The van der Waals surface area contributed by atoms with Gasteiger partial charge in [0, 0.05) is 24.6 Å². The Hall–Kier alpha value is -1.48. The second kappa shape index (κ2) is 10.5. The van der Waals surface area contributed by atoms with Gasteiger partial charge in [0.25, 0.3) is 6.47 Å². The Kier molecular flexibility index (Phi) is 9.05. The molecular weight excluding hydrogens is 346 g/mol. The van der Waals surface area contributed by atoms with Gasteiger partial charge in [0.05, 0.1) is 0 Å². The number of amides is 2. The number of thioether (sulfide) groups is 1. The molecule has 0 aromatic rings. The summed E-state index contributed by atoms with van der Waals surface area (Å²) in [4.78, 5) is 36.4. The molecule has 144 valence electrons. The number of ether oxygens (including phenoxy) is 2. The predicted molar refractivity (Wildman–Crippen MR) is 96.0 cm³/mol. The minimum absolute atomic E-state index is 0.175. The first-order valence-corrected chi connectivity index (χ1v) is 9.60. The fourth-order valence-corrected chi connectivity index (χ4v) is 3.35. The smallest absolute Gasteiger partial charge is 0.411 e. The SMILES string of the molecule is CC(C)(C)OC(=O)N1CCSCC1C(=O)NCCCCC(N)OC=O. The quantitative estimate of drug-likeness (QED) is 0.371. The second-order valence-electron chi connectivity index (χ2n) is 6.82. The van der Waals surface area contributed by atoms with Gasteiger partial charge >= 0.3 is 6.09 Å². The van der Waals surface area contributed by atoms with E-state index in [0.29, 0.717) is 38.2 Å². The van der Waals surface area contributed by atoms with Crippen molar-refractivity contribution < 1.29 is 23.9 Å². The molecule has 0 bridgehead atoms. The number of hydrogen-bond acceptors (Lipinski definition) is 7. The highest BCUT2D eigenvalue weighted by atomic mass is 32.2. The van der Waals surface area contributed by atoms with Crippen LogP contribution < -0.4 is 11.1 Å². The van der Waals surface area contributed by atoms with Crippen molar-refractivity contribution in [1.82, 2.24) is 10.2 Å². The van der Waals surface area contributed by atoms with E-state index in [1.54, 1.807) is 32.5 Å². The molecule has 1 heterocycles. The minimum atomic E-state index is -0.606. The molecule has 2 unspecified atom stereocenters.